The van der Waals surface area contributed by atoms with E-state index in [2.05, 4.69) is 41.9 Å². The van der Waals surface area contributed by atoms with Crippen molar-refractivity contribution in [3.8, 4) is 0 Å². The first-order valence-electron chi connectivity index (χ1n) is 7.39. The van der Waals surface area contributed by atoms with Gasteiger partial charge in [0, 0.05) is 17.0 Å². The van der Waals surface area contributed by atoms with Crippen molar-refractivity contribution in [1.82, 2.24) is 5.32 Å². The Labute approximate surface area is 130 Å². The van der Waals surface area contributed by atoms with E-state index in [-0.39, 0.29) is 0 Å². The fourth-order valence-corrected chi connectivity index (χ4v) is 4.93. The Balaban J connectivity index is 1.56. The minimum atomic E-state index is 0.537. The van der Waals surface area contributed by atoms with Crippen molar-refractivity contribution in [1.29, 1.82) is 0 Å². The van der Waals surface area contributed by atoms with Crippen molar-refractivity contribution in [2.75, 3.05) is 12.0 Å². The quantitative estimate of drug-likeness (QED) is 0.920. The van der Waals surface area contributed by atoms with Gasteiger partial charge in [0.05, 0.1) is 6.04 Å². The fraction of sp³-hybridized carbons (Fsp3) is 0.562. The van der Waals surface area contributed by atoms with Crippen LogP contribution in [0.2, 0.25) is 0 Å². The number of rotatable bonds is 4. The van der Waals surface area contributed by atoms with Crippen molar-refractivity contribution in [2.24, 2.45) is 4.99 Å². The van der Waals surface area contributed by atoms with E-state index in [1.165, 1.54) is 30.0 Å². The lowest BCUT2D eigenvalue weighted by molar-refractivity contribution is 0.672. The summed E-state index contributed by atoms with van der Waals surface area (Å²) in [4.78, 5) is 4.97. The molecule has 1 aromatic carbocycles. The third-order valence-corrected chi connectivity index (χ3v) is 6.30. The number of nitrogens with one attached hydrogen (secondary N) is 1. The molecule has 3 unspecified atom stereocenters. The molecule has 0 amide bonds. The van der Waals surface area contributed by atoms with Gasteiger partial charge in [-0.15, -0.1) is 0 Å². The molecule has 20 heavy (non-hydrogen) atoms. The first-order chi connectivity index (χ1) is 9.85. The molecule has 2 nitrogen and oxygen atoms in total. The van der Waals surface area contributed by atoms with E-state index in [9.17, 15) is 0 Å². The lowest BCUT2D eigenvalue weighted by Gasteiger charge is -2.14. The highest BCUT2D eigenvalue weighted by atomic mass is 32.2. The normalized spacial score (nSPS) is 31.6. The predicted octanol–water partition coefficient (Wildman–Crippen LogP) is 3.57. The molecule has 0 radical (unpaired) electrons. The van der Waals surface area contributed by atoms with E-state index in [1.807, 2.05) is 23.5 Å². The Kier molecular flexibility index (Phi) is 4.94. The maximum atomic E-state index is 4.97. The Morgan fingerprint density at radius 3 is 2.95 bits per heavy atom. The smallest absolute Gasteiger partial charge is 0.157 e. The highest BCUT2D eigenvalue weighted by molar-refractivity contribution is 8.14. The minimum Gasteiger partial charge on any atom is -0.361 e. The van der Waals surface area contributed by atoms with Gasteiger partial charge in [-0.05, 0) is 31.1 Å². The zero-order valence-corrected chi connectivity index (χ0v) is 13.6. The Morgan fingerprint density at radius 1 is 1.30 bits per heavy atom. The molecule has 3 rings (SSSR count). The number of hydrogen-bond donors (Lipinski definition) is 1. The number of aliphatic imine (C=N–C) groups is 1. The molecule has 2 aliphatic rings. The summed E-state index contributed by atoms with van der Waals surface area (Å²) < 4.78 is 0. The molecule has 0 bridgehead atoms. The van der Waals surface area contributed by atoms with Gasteiger partial charge in [0.2, 0.25) is 0 Å². The topological polar surface area (TPSA) is 24.4 Å². The van der Waals surface area contributed by atoms with Crippen molar-refractivity contribution >= 4 is 28.7 Å². The molecule has 2 fully saturated rings. The molecule has 1 N–H and O–H groups in total. The molecule has 4 heteroatoms. The second kappa shape index (κ2) is 6.90. The summed E-state index contributed by atoms with van der Waals surface area (Å²) in [6, 6.07) is 11.8. The first-order valence-corrected chi connectivity index (χ1v) is 9.66. The van der Waals surface area contributed by atoms with Crippen LogP contribution in [-0.2, 0) is 6.42 Å². The number of benzene rings is 1. The van der Waals surface area contributed by atoms with Crippen LogP contribution in [-0.4, -0.2) is 34.5 Å². The number of thioether (sulfide) groups is 2. The molecule has 3 atom stereocenters. The van der Waals surface area contributed by atoms with Crippen LogP contribution in [0.5, 0.6) is 0 Å². The molecule has 1 aromatic rings. The highest BCUT2D eigenvalue weighted by Crippen LogP contribution is 2.32. The summed E-state index contributed by atoms with van der Waals surface area (Å²) in [5, 5.41) is 5.53. The second-order valence-electron chi connectivity index (χ2n) is 5.55. The molecule has 108 valence electrons. The molecule has 1 saturated heterocycles. The third-order valence-electron chi connectivity index (χ3n) is 4.08. The molecule has 1 heterocycles. The van der Waals surface area contributed by atoms with Crippen LogP contribution >= 0.6 is 23.5 Å². The monoisotopic (exact) mass is 306 g/mol. The van der Waals surface area contributed by atoms with Gasteiger partial charge < -0.3 is 5.32 Å². The zero-order valence-electron chi connectivity index (χ0n) is 11.9. The number of amidine groups is 1. The largest absolute Gasteiger partial charge is 0.361 e. The van der Waals surface area contributed by atoms with Crippen LogP contribution in [0.1, 0.15) is 24.8 Å². The maximum absolute atomic E-state index is 4.97. The van der Waals surface area contributed by atoms with Crippen molar-refractivity contribution in [3.63, 3.8) is 0 Å². The average Bonchev–Trinajstić information content (AvgIpc) is 3.10. The van der Waals surface area contributed by atoms with E-state index in [1.54, 1.807) is 0 Å². The first kappa shape index (κ1) is 14.3. The van der Waals surface area contributed by atoms with E-state index in [4.69, 9.17) is 4.99 Å². The summed E-state index contributed by atoms with van der Waals surface area (Å²) in [5.74, 6) is 1.14. The second-order valence-corrected chi connectivity index (χ2v) is 7.63. The molecule has 1 aliphatic carbocycles. The number of hydrogen-bond acceptors (Lipinski definition) is 3. The number of nitrogens with zero attached hydrogens (tertiary/aromatic N) is 1. The molecule has 1 saturated carbocycles. The van der Waals surface area contributed by atoms with Crippen LogP contribution in [0.4, 0.5) is 0 Å². The molecular formula is C16H22N2S2. The Hall–Kier alpha value is -0.610. The summed E-state index contributed by atoms with van der Waals surface area (Å²) in [7, 11) is 0. The highest BCUT2D eigenvalue weighted by Gasteiger charge is 2.28. The summed E-state index contributed by atoms with van der Waals surface area (Å²) in [5.41, 5.74) is 1.41. The van der Waals surface area contributed by atoms with Gasteiger partial charge in [-0.3, -0.25) is 4.99 Å². The van der Waals surface area contributed by atoms with E-state index < -0.39 is 0 Å². The van der Waals surface area contributed by atoms with Gasteiger partial charge in [-0.2, -0.15) is 11.8 Å². The standard InChI is InChI=1S/C16H22N2S2/c1-19-15-9-5-8-14(15)18-16-17-13(11-20-16)10-12-6-3-2-4-7-12/h2-4,6-7,13-15H,5,8-11H2,1H3,(H,17,18). The SMILES string of the molecule is CSC1CCCC1N=C1NC(Cc2ccccc2)CS1. The Morgan fingerprint density at radius 2 is 2.15 bits per heavy atom. The summed E-state index contributed by atoms with van der Waals surface area (Å²) >= 11 is 3.88. The van der Waals surface area contributed by atoms with E-state index in [0.717, 1.165) is 17.4 Å². The molecule has 0 spiro atoms. The minimum absolute atomic E-state index is 0.537. The molecule has 1 aliphatic heterocycles. The van der Waals surface area contributed by atoms with Gasteiger partial charge >= 0.3 is 0 Å². The van der Waals surface area contributed by atoms with E-state index >= 15 is 0 Å². The lowest BCUT2D eigenvalue weighted by Crippen LogP contribution is -2.30. The average molecular weight is 307 g/mol. The Bertz CT molecular complexity index is 461. The van der Waals surface area contributed by atoms with E-state index in [0.29, 0.717) is 12.1 Å². The fourth-order valence-electron chi connectivity index (χ4n) is 3.00. The molecule has 0 aromatic heterocycles. The third kappa shape index (κ3) is 3.53. The van der Waals surface area contributed by atoms with Crippen molar-refractivity contribution in [2.45, 2.75) is 43.0 Å². The van der Waals surface area contributed by atoms with Crippen LogP contribution in [0.3, 0.4) is 0 Å². The van der Waals surface area contributed by atoms with Crippen LogP contribution in [0, 0.1) is 0 Å². The van der Waals surface area contributed by atoms with Crippen LogP contribution in [0.15, 0.2) is 35.3 Å². The van der Waals surface area contributed by atoms with Crippen molar-refractivity contribution in [3.05, 3.63) is 35.9 Å². The van der Waals surface area contributed by atoms with Gasteiger partial charge in [0.15, 0.2) is 5.17 Å². The van der Waals surface area contributed by atoms with Gasteiger partial charge in [0.25, 0.3) is 0 Å². The van der Waals surface area contributed by atoms with Gasteiger partial charge in [-0.1, -0.05) is 48.5 Å². The zero-order chi connectivity index (χ0) is 13.8. The summed E-state index contributed by atoms with van der Waals surface area (Å²) in [6.07, 6.45) is 7.26. The van der Waals surface area contributed by atoms with Crippen LogP contribution < -0.4 is 5.32 Å². The van der Waals surface area contributed by atoms with Gasteiger partial charge in [0.1, 0.15) is 0 Å². The van der Waals surface area contributed by atoms with Gasteiger partial charge in [-0.25, -0.2) is 0 Å². The summed E-state index contributed by atoms with van der Waals surface area (Å²) in [6.45, 7) is 0. The van der Waals surface area contributed by atoms with Crippen LogP contribution in [0.25, 0.3) is 0 Å². The maximum Gasteiger partial charge on any atom is 0.157 e. The predicted molar refractivity (Wildman–Crippen MR) is 91.9 cm³/mol. The van der Waals surface area contributed by atoms with Crippen molar-refractivity contribution < 1.29 is 0 Å². The molecular weight excluding hydrogens is 284 g/mol. The lowest BCUT2D eigenvalue weighted by atomic mass is 10.1.